The van der Waals surface area contributed by atoms with Crippen LogP contribution in [0.4, 0.5) is 10.5 Å². The molecule has 0 bridgehead atoms. The van der Waals surface area contributed by atoms with Crippen LogP contribution in [0.15, 0.2) is 24.3 Å². The Balaban J connectivity index is 0. The summed E-state index contributed by atoms with van der Waals surface area (Å²) in [6.07, 6.45) is 0.309. The van der Waals surface area contributed by atoms with Gasteiger partial charge in [0.2, 0.25) is 5.91 Å². The quantitative estimate of drug-likeness (QED) is 0.405. The van der Waals surface area contributed by atoms with Crippen molar-refractivity contribution in [2.75, 3.05) is 55.7 Å². The van der Waals surface area contributed by atoms with Gasteiger partial charge >= 0.3 is 6.09 Å². The van der Waals surface area contributed by atoms with Crippen molar-refractivity contribution in [2.24, 2.45) is 5.92 Å². The number of amides is 2. The highest BCUT2D eigenvalue weighted by molar-refractivity contribution is 7.85. The van der Waals surface area contributed by atoms with Crippen LogP contribution in [0.1, 0.15) is 82.6 Å². The number of alkyl carbamates (subject to hydrolysis) is 1. The molecule has 1 atom stereocenters. The van der Waals surface area contributed by atoms with Crippen molar-refractivity contribution in [2.45, 2.75) is 88.2 Å². The van der Waals surface area contributed by atoms with Crippen molar-refractivity contribution in [3.63, 3.8) is 0 Å². The number of benzene rings is 1. The fraction of sp³-hybridized carbons (Fsp3) is 0.733. The lowest BCUT2D eigenvalue weighted by Crippen LogP contribution is -2.39. The van der Waals surface area contributed by atoms with Crippen LogP contribution < -0.4 is 15.0 Å². The van der Waals surface area contributed by atoms with Gasteiger partial charge in [0, 0.05) is 55.0 Å². The third kappa shape index (κ3) is 20.3. The molecular weight excluding hydrogens is 514 g/mol. The van der Waals surface area contributed by atoms with Crippen molar-refractivity contribution in [3.8, 4) is 5.75 Å². The van der Waals surface area contributed by atoms with Crippen LogP contribution in [-0.2, 0) is 20.3 Å². The minimum atomic E-state index is -1.34. The zero-order chi connectivity index (χ0) is 30.4. The van der Waals surface area contributed by atoms with Crippen LogP contribution in [0.5, 0.6) is 5.75 Å². The van der Waals surface area contributed by atoms with Crippen LogP contribution in [0, 0.1) is 5.92 Å². The Hall–Kier alpha value is -2.29. The van der Waals surface area contributed by atoms with E-state index in [-0.39, 0.29) is 24.0 Å². The standard InChI is InChI=1S/C22H35N3O5S.C4H10.2C2H6/c1-5-29-19-9-7-18(8-10-19)24-12-6-13-25(15-14-24)20(26)17-31(28)16-11-23-21(27)30-22(2,3)4;1-4(2)3;2*1-2/h7-10H,5-6,11-17H2,1-4H3,(H,23,27);4H,1-3H3;2*1-2H3. The molecule has 1 aliphatic heterocycles. The Morgan fingerprint density at radius 3 is 2.05 bits per heavy atom. The number of rotatable bonds is 8. The van der Waals surface area contributed by atoms with E-state index in [1.54, 1.807) is 25.7 Å². The number of ether oxygens (including phenoxy) is 2. The Bertz CT molecular complexity index is 792. The molecule has 1 N–H and O–H groups in total. The van der Waals surface area contributed by atoms with E-state index in [1.807, 2.05) is 58.9 Å². The summed E-state index contributed by atoms with van der Waals surface area (Å²) in [7, 11) is -1.34. The van der Waals surface area contributed by atoms with Gasteiger partial charge in [-0.3, -0.25) is 9.00 Å². The lowest BCUT2D eigenvalue weighted by molar-refractivity contribution is -0.128. The largest absolute Gasteiger partial charge is 0.494 e. The second-order valence-corrected chi connectivity index (χ2v) is 11.7. The van der Waals surface area contributed by atoms with Crippen LogP contribution in [-0.4, -0.2) is 77.5 Å². The summed E-state index contributed by atoms with van der Waals surface area (Å²) in [5, 5.41) is 2.57. The minimum Gasteiger partial charge on any atom is -0.494 e. The van der Waals surface area contributed by atoms with Gasteiger partial charge in [-0.15, -0.1) is 0 Å². The highest BCUT2D eigenvalue weighted by Gasteiger charge is 2.21. The van der Waals surface area contributed by atoms with E-state index in [0.717, 1.165) is 36.9 Å². The summed E-state index contributed by atoms with van der Waals surface area (Å²) in [5.74, 6) is 1.77. The summed E-state index contributed by atoms with van der Waals surface area (Å²) in [6.45, 7) is 25.5. The molecule has 0 aliphatic carbocycles. The lowest BCUT2D eigenvalue weighted by Gasteiger charge is -2.24. The molecule has 0 radical (unpaired) electrons. The summed E-state index contributed by atoms with van der Waals surface area (Å²) >= 11 is 0. The van der Waals surface area contributed by atoms with Gasteiger partial charge in [0.1, 0.15) is 17.1 Å². The fourth-order valence-corrected chi connectivity index (χ4v) is 4.16. The van der Waals surface area contributed by atoms with Gasteiger partial charge in [-0.2, -0.15) is 0 Å². The number of carbonyl (C=O) groups is 2. The van der Waals surface area contributed by atoms with E-state index in [4.69, 9.17) is 9.47 Å². The molecule has 2 amide bonds. The fourth-order valence-electron chi connectivity index (χ4n) is 3.23. The van der Waals surface area contributed by atoms with E-state index < -0.39 is 22.5 Å². The molecule has 1 aromatic carbocycles. The van der Waals surface area contributed by atoms with Gasteiger partial charge in [0.05, 0.1) is 6.61 Å². The predicted molar refractivity (Wildman–Crippen MR) is 166 cm³/mol. The molecule has 1 unspecified atom stereocenters. The summed E-state index contributed by atoms with van der Waals surface area (Å²) < 4.78 is 22.9. The van der Waals surface area contributed by atoms with Crippen molar-refractivity contribution >= 4 is 28.5 Å². The van der Waals surface area contributed by atoms with E-state index in [1.165, 1.54) is 0 Å². The Morgan fingerprint density at radius 1 is 0.974 bits per heavy atom. The van der Waals surface area contributed by atoms with Crippen LogP contribution >= 0.6 is 0 Å². The van der Waals surface area contributed by atoms with E-state index in [0.29, 0.717) is 19.7 Å². The number of anilines is 1. The number of nitrogens with one attached hydrogen (secondary N) is 1. The highest BCUT2D eigenvalue weighted by Crippen LogP contribution is 2.21. The smallest absolute Gasteiger partial charge is 0.407 e. The summed E-state index contributed by atoms with van der Waals surface area (Å²) in [6, 6.07) is 7.99. The molecule has 2 rings (SSSR count). The van der Waals surface area contributed by atoms with Crippen LogP contribution in [0.3, 0.4) is 0 Å². The average Bonchev–Trinajstić information content (AvgIpc) is 3.12. The Morgan fingerprint density at radius 2 is 1.54 bits per heavy atom. The molecule has 9 heteroatoms. The second-order valence-electron chi connectivity index (χ2n) is 10.1. The second kappa shape index (κ2) is 22.5. The maximum absolute atomic E-state index is 12.6. The minimum absolute atomic E-state index is 0.0287. The summed E-state index contributed by atoms with van der Waals surface area (Å²) in [5.41, 5.74) is 0.528. The first-order valence-corrected chi connectivity index (χ1v) is 16.0. The zero-order valence-electron chi connectivity index (χ0n) is 26.6. The Labute approximate surface area is 241 Å². The first kappa shape index (κ1) is 38.9. The van der Waals surface area contributed by atoms with Gasteiger partial charge in [0.15, 0.2) is 0 Å². The van der Waals surface area contributed by atoms with E-state index in [2.05, 4.69) is 31.0 Å². The van der Waals surface area contributed by atoms with Crippen LogP contribution in [0.25, 0.3) is 0 Å². The third-order valence-electron chi connectivity index (χ3n) is 4.64. The number of carbonyl (C=O) groups excluding carboxylic acids is 2. The molecule has 1 saturated heterocycles. The van der Waals surface area contributed by atoms with Gasteiger partial charge < -0.3 is 24.6 Å². The first-order chi connectivity index (χ1) is 18.4. The average molecular weight is 572 g/mol. The zero-order valence-corrected chi connectivity index (χ0v) is 27.4. The number of hydrogen-bond donors (Lipinski definition) is 1. The van der Waals surface area contributed by atoms with E-state index >= 15 is 0 Å². The van der Waals surface area contributed by atoms with Crippen LogP contribution in [0.2, 0.25) is 0 Å². The van der Waals surface area contributed by atoms with Gasteiger partial charge in [-0.05, 0) is 64.3 Å². The van der Waals surface area contributed by atoms with Crippen molar-refractivity contribution < 1.29 is 23.3 Å². The highest BCUT2D eigenvalue weighted by atomic mass is 32.2. The SMILES string of the molecule is CC.CC.CC(C)C.CCOc1ccc(N2CCCN(C(=O)CS(=O)CCNC(=O)OC(C)(C)C)CC2)cc1. The van der Waals surface area contributed by atoms with E-state index in [9.17, 15) is 13.8 Å². The molecule has 1 aromatic rings. The molecule has 1 heterocycles. The molecule has 1 fully saturated rings. The van der Waals surface area contributed by atoms with Crippen molar-refractivity contribution in [1.29, 1.82) is 0 Å². The number of nitrogens with zero attached hydrogens (tertiary/aromatic N) is 2. The number of hydrogen-bond acceptors (Lipinski definition) is 6. The lowest BCUT2D eigenvalue weighted by atomic mass is 10.2. The monoisotopic (exact) mass is 571 g/mol. The van der Waals surface area contributed by atoms with Gasteiger partial charge in [0.25, 0.3) is 0 Å². The molecule has 0 saturated carbocycles. The topological polar surface area (TPSA) is 88.2 Å². The van der Waals surface area contributed by atoms with Crippen molar-refractivity contribution in [1.82, 2.24) is 10.2 Å². The predicted octanol–water partition coefficient (Wildman–Crippen LogP) is 6.11. The summed E-state index contributed by atoms with van der Waals surface area (Å²) in [4.78, 5) is 28.3. The van der Waals surface area contributed by atoms with Gasteiger partial charge in [-0.25, -0.2) is 4.79 Å². The molecule has 0 aromatic heterocycles. The molecule has 228 valence electrons. The van der Waals surface area contributed by atoms with Gasteiger partial charge in [-0.1, -0.05) is 48.5 Å². The molecule has 0 spiro atoms. The Kier molecular flexibility index (Phi) is 22.4. The first-order valence-electron chi connectivity index (χ1n) is 14.5. The molecular formula is C30H57N3O5S. The maximum atomic E-state index is 12.6. The molecule has 8 nitrogen and oxygen atoms in total. The maximum Gasteiger partial charge on any atom is 0.407 e. The normalized spacial score (nSPS) is 13.7. The molecule has 39 heavy (non-hydrogen) atoms. The third-order valence-corrected chi connectivity index (χ3v) is 5.87. The molecule has 1 aliphatic rings. The van der Waals surface area contributed by atoms with Crippen molar-refractivity contribution in [3.05, 3.63) is 24.3 Å².